The molecule has 28 heavy (non-hydrogen) atoms. The van der Waals surface area contributed by atoms with Crippen molar-refractivity contribution in [3.63, 3.8) is 0 Å². The number of rotatable bonds is 5. The van der Waals surface area contributed by atoms with E-state index in [-0.39, 0.29) is 17.9 Å². The van der Waals surface area contributed by atoms with Gasteiger partial charge in [0.15, 0.2) is 0 Å². The molecule has 1 N–H and O–H groups in total. The molecule has 1 saturated heterocycles. The number of nitrogens with zero attached hydrogens (tertiary/aromatic N) is 1. The maximum Gasteiger partial charge on any atom is 0.223 e. The van der Waals surface area contributed by atoms with Gasteiger partial charge < -0.3 is 5.32 Å². The standard InChI is InChI=1S/C23H26F2N2O/c24-19-13-18(14-20(25)15-19)22(16-5-2-1-3-6-16)27-11-9-17(10-12-27)23(28)26-21-7-4-8-21/h1-3,5-6,13-15,17,21-22H,4,7-12H2,(H,26,28). The molecule has 0 spiro atoms. The van der Waals surface area contributed by atoms with Crippen molar-refractivity contribution in [2.24, 2.45) is 5.92 Å². The molecule has 1 saturated carbocycles. The molecule has 2 aliphatic rings. The Morgan fingerprint density at radius 1 is 0.929 bits per heavy atom. The summed E-state index contributed by atoms with van der Waals surface area (Å²) in [5, 5.41) is 3.15. The molecule has 2 fully saturated rings. The molecule has 148 valence electrons. The highest BCUT2D eigenvalue weighted by Gasteiger charge is 2.32. The summed E-state index contributed by atoms with van der Waals surface area (Å²) >= 11 is 0. The highest BCUT2D eigenvalue weighted by atomic mass is 19.1. The number of carbonyl (C=O) groups is 1. The Hall–Kier alpha value is -2.27. The minimum atomic E-state index is -0.564. The summed E-state index contributed by atoms with van der Waals surface area (Å²) in [5.74, 6) is -0.939. The summed E-state index contributed by atoms with van der Waals surface area (Å²) in [6.45, 7) is 1.45. The maximum absolute atomic E-state index is 13.9. The van der Waals surface area contributed by atoms with Crippen LogP contribution in [0.1, 0.15) is 49.3 Å². The second-order valence-electron chi connectivity index (χ2n) is 7.96. The van der Waals surface area contributed by atoms with E-state index in [1.165, 1.54) is 18.6 Å². The number of carbonyl (C=O) groups excluding carboxylic acids is 1. The van der Waals surface area contributed by atoms with Gasteiger partial charge in [0, 0.05) is 18.0 Å². The van der Waals surface area contributed by atoms with E-state index in [0.717, 1.165) is 50.4 Å². The monoisotopic (exact) mass is 384 g/mol. The Balaban J connectivity index is 1.50. The summed E-state index contributed by atoms with van der Waals surface area (Å²) in [7, 11) is 0. The van der Waals surface area contributed by atoms with E-state index in [4.69, 9.17) is 0 Å². The molecule has 4 rings (SSSR count). The third kappa shape index (κ3) is 4.25. The Bertz CT molecular complexity index is 794. The summed E-state index contributed by atoms with van der Waals surface area (Å²) in [6.07, 6.45) is 4.91. The quantitative estimate of drug-likeness (QED) is 0.827. The van der Waals surface area contributed by atoms with E-state index in [1.807, 2.05) is 30.3 Å². The van der Waals surface area contributed by atoms with Gasteiger partial charge in [0.25, 0.3) is 0 Å². The number of benzene rings is 2. The van der Waals surface area contributed by atoms with E-state index in [0.29, 0.717) is 11.6 Å². The number of halogens is 2. The van der Waals surface area contributed by atoms with Gasteiger partial charge in [-0.15, -0.1) is 0 Å². The van der Waals surface area contributed by atoms with Gasteiger partial charge in [-0.2, -0.15) is 0 Å². The lowest BCUT2D eigenvalue weighted by molar-refractivity contribution is -0.127. The number of likely N-dealkylation sites (tertiary alicyclic amines) is 1. The molecule has 1 aliphatic carbocycles. The van der Waals surface area contributed by atoms with Crippen molar-refractivity contribution in [2.45, 2.75) is 44.2 Å². The molecule has 1 aliphatic heterocycles. The fourth-order valence-corrected chi connectivity index (χ4v) is 4.27. The van der Waals surface area contributed by atoms with Gasteiger partial charge in [0.05, 0.1) is 6.04 Å². The molecule has 1 unspecified atom stereocenters. The predicted octanol–water partition coefficient (Wildman–Crippen LogP) is 4.43. The van der Waals surface area contributed by atoms with Crippen LogP contribution in [0.3, 0.4) is 0 Å². The van der Waals surface area contributed by atoms with E-state index >= 15 is 0 Å². The molecule has 0 aromatic heterocycles. The Kier molecular flexibility index (Phi) is 5.72. The smallest absolute Gasteiger partial charge is 0.223 e. The second-order valence-corrected chi connectivity index (χ2v) is 7.96. The van der Waals surface area contributed by atoms with Gasteiger partial charge in [-0.1, -0.05) is 30.3 Å². The lowest BCUT2D eigenvalue weighted by atomic mass is 9.89. The van der Waals surface area contributed by atoms with Gasteiger partial charge in [-0.25, -0.2) is 8.78 Å². The third-order valence-electron chi connectivity index (χ3n) is 6.03. The van der Waals surface area contributed by atoms with Crippen LogP contribution in [0.2, 0.25) is 0 Å². The Morgan fingerprint density at radius 2 is 1.57 bits per heavy atom. The van der Waals surface area contributed by atoms with Crippen molar-refractivity contribution < 1.29 is 13.6 Å². The summed E-state index contributed by atoms with van der Waals surface area (Å²) in [6, 6.07) is 13.7. The first-order chi connectivity index (χ1) is 13.6. The van der Waals surface area contributed by atoms with Crippen LogP contribution < -0.4 is 5.32 Å². The summed E-state index contributed by atoms with van der Waals surface area (Å²) < 4.78 is 27.8. The Labute approximate surface area is 164 Å². The predicted molar refractivity (Wildman–Crippen MR) is 105 cm³/mol. The molecule has 2 aromatic rings. The second kappa shape index (κ2) is 8.39. The van der Waals surface area contributed by atoms with Crippen LogP contribution in [-0.4, -0.2) is 29.9 Å². The van der Waals surface area contributed by atoms with E-state index in [1.54, 1.807) is 0 Å². The molecule has 3 nitrogen and oxygen atoms in total. The zero-order chi connectivity index (χ0) is 19.5. The third-order valence-corrected chi connectivity index (χ3v) is 6.03. The fourth-order valence-electron chi connectivity index (χ4n) is 4.27. The molecule has 1 amide bonds. The number of hydrogen-bond acceptors (Lipinski definition) is 2. The van der Waals surface area contributed by atoms with E-state index < -0.39 is 11.6 Å². The lowest BCUT2D eigenvalue weighted by Gasteiger charge is -2.38. The largest absolute Gasteiger partial charge is 0.353 e. The van der Waals surface area contributed by atoms with Gasteiger partial charge in [-0.3, -0.25) is 9.69 Å². The van der Waals surface area contributed by atoms with Crippen molar-refractivity contribution in [1.82, 2.24) is 10.2 Å². The zero-order valence-corrected chi connectivity index (χ0v) is 15.9. The van der Waals surface area contributed by atoms with Crippen LogP contribution >= 0.6 is 0 Å². The normalized spacial score (nSPS) is 19.8. The van der Waals surface area contributed by atoms with Crippen LogP contribution in [0.15, 0.2) is 48.5 Å². The molecule has 2 aromatic carbocycles. The first-order valence-electron chi connectivity index (χ1n) is 10.2. The van der Waals surface area contributed by atoms with Gasteiger partial charge in [0.1, 0.15) is 11.6 Å². The van der Waals surface area contributed by atoms with E-state index in [2.05, 4.69) is 10.2 Å². The minimum Gasteiger partial charge on any atom is -0.353 e. The van der Waals surface area contributed by atoms with Gasteiger partial charge in [0.2, 0.25) is 5.91 Å². The molecular weight excluding hydrogens is 358 g/mol. The first kappa shape index (κ1) is 19.1. The van der Waals surface area contributed by atoms with Crippen molar-refractivity contribution in [2.75, 3.05) is 13.1 Å². The fraction of sp³-hybridized carbons (Fsp3) is 0.435. The van der Waals surface area contributed by atoms with E-state index in [9.17, 15) is 13.6 Å². The Morgan fingerprint density at radius 3 is 2.14 bits per heavy atom. The number of piperidine rings is 1. The van der Waals surface area contributed by atoms with Crippen molar-refractivity contribution in [3.05, 3.63) is 71.3 Å². The van der Waals surface area contributed by atoms with Gasteiger partial charge in [-0.05, 0) is 68.5 Å². The number of nitrogens with one attached hydrogen (secondary N) is 1. The molecule has 0 bridgehead atoms. The van der Waals surface area contributed by atoms with Crippen molar-refractivity contribution in [3.8, 4) is 0 Å². The topological polar surface area (TPSA) is 32.3 Å². The number of hydrogen-bond donors (Lipinski definition) is 1. The van der Waals surface area contributed by atoms with Crippen LogP contribution in [0.5, 0.6) is 0 Å². The SMILES string of the molecule is O=C(NC1CCC1)C1CCN(C(c2ccccc2)c2cc(F)cc(F)c2)CC1. The molecular formula is C23H26F2N2O. The lowest BCUT2D eigenvalue weighted by Crippen LogP contribution is -2.46. The molecule has 1 heterocycles. The van der Waals surface area contributed by atoms with Gasteiger partial charge >= 0.3 is 0 Å². The van der Waals surface area contributed by atoms with Crippen LogP contribution in [0.25, 0.3) is 0 Å². The molecule has 0 radical (unpaired) electrons. The first-order valence-corrected chi connectivity index (χ1v) is 10.2. The van der Waals surface area contributed by atoms with Crippen molar-refractivity contribution in [1.29, 1.82) is 0 Å². The summed E-state index contributed by atoms with van der Waals surface area (Å²) in [5.41, 5.74) is 1.62. The van der Waals surface area contributed by atoms with Crippen LogP contribution in [-0.2, 0) is 4.79 Å². The van der Waals surface area contributed by atoms with Crippen LogP contribution in [0, 0.1) is 17.6 Å². The maximum atomic E-state index is 13.9. The zero-order valence-electron chi connectivity index (χ0n) is 15.9. The average Bonchev–Trinajstić information content (AvgIpc) is 2.65. The highest BCUT2D eigenvalue weighted by molar-refractivity contribution is 5.79. The molecule has 5 heteroatoms. The number of amides is 1. The average molecular weight is 384 g/mol. The van der Waals surface area contributed by atoms with Crippen LogP contribution in [0.4, 0.5) is 8.78 Å². The molecule has 1 atom stereocenters. The summed E-state index contributed by atoms with van der Waals surface area (Å²) in [4.78, 5) is 14.7. The van der Waals surface area contributed by atoms with Crippen molar-refractivity contribution >= 4 is 5.91 Å². The highest BCUT2D eigenvalue weighted by Crippen LogP contribution is 2.33. The minimum absolute atomic E-state index is 0.0255.